The number of aliphatic hydroxyl groups excluding tert-OH is 1. The number of hydrogen-bond acceptors (Lipinski definition) is 4. The molecule has 0 saturated carbocycles. The van der Waals surface area contributed by atoms with Crippen molar-refractivity contribution in [1.29, 1.82) is 0 Å². The normalized spacial score (nSPS) is 13.7. The molecular formula is C16H22N4O2. The second kappa shape index (κ2) is 6.70. The molecule has 6 nitrogen and oxygen atoms in total. The molecule has 2 unspecified atom stereocenters. The van der Waals surface area contributed by atoms with E-state index in [1.807, 2.05) is 33.8 Å². The van der Waals surface area contributed by atoms with Gasteiger partial charge in [0.05, 0.1) is 11.3 Å². The van der Waals surface area contributed by atoms with Crippen molar-refractivity contribution in [1.82, 2.24) is 20.1 Å². The minimum absolute atomic E-state index is 0.00545. The van der Waals surface area contributed by atoms with Gasteiger partial charge in [0, 0.05) is 24.5 Å². The van der Waals surface area contributed by atoms with Gasteiger partial charge >= 0.3 is 0 Å². The summed E-state index contributed by atoms with van der Waals surface area (Å²) in [5.74, 6) is 0.491. The van der Waals surface area contributed by atoms with Crippen LogP contribution in [0.4, 0.5) is 0 Å². The molecule has 2 N–H and O–H groups in total. The van der Waals surface area contributed by atoms with E-state index in [4.69, 9.17) is 5.11 Å². The maximum atomic E-state index is 12.1. The van der Waals surface area contributed by atoms with E-state index in [-0.39, 0.29) is 24.5 Å². The van der Waals surface area contributed by atoms with Crippen LogP contribution in [0.5, 0.6) is 0 Å². The molecule has 2 rings (SSSR count). The number of carbonyl (C=O) groups is 1. The number of nitrogens with one attached hydrogen (secondary N) is 1. The second-order valence-corrected chi connectivity index (χ2v) is 5.67. The third-order valence-electron chi connectivity index (χ3n) is 3.74. The van der Waals surface area contributed by atoms with Gasteiger partial charge in [-0.1, -0.05) is 6.92 Å². The smallest absolute Gasteiger partial charge is 0.253 e. The van der Waals surface area contributed by atoms with Gasteiger partial charge in [-0.3, -0.25) is 4.79 Å². The van der Waals surface area contributed by atoms with Crippen molar-refractivity contribution in [2.24, 2.45) is 5.92 Å². The number of pyridine rings is 1. The van der Waals surface area contributed by atoms with Gasteiger partial charge in [0.1, 0.15) is 0 Å². The molecule has 0 bridgehead atoms. The van der Waals surface area contributed by atoms with Gasteiger partial charge in [-0.2, -0.15) is 5.10 Å². The number of aliphatic hydroxyl groups is 1. The summed E-state index contributed by atoms with van der Waals surface area (Å²) in [4.78, 5) is 16.4. The van der Waals surface area contributed by atoms with E-state index in [0.717, 1.165) is 11.4 Å². The molecule has 0 spiro atoms. The van der Waals surface area contributed by atoms with Crippen LogP contribution in [-0.4, -0.2) is 38.4 Å². The molecule has 1 amide bonds. The lowest BCUT2D eigenvalue weighted by Gasteiger charge is -2.19. The van der Waals surface area contributed by atoms with Crippen LogP contribution in [-0.2, 0) is 0 Å². The molecular weight excluding hydrogens is 280 g/mol. The Morgan fingerprint density at radius 2 is 2.09 bits per heavy atom. The van der Waals surface area contributed by atoms with E-state index in [1.165, 1.54) is 6.20 Å². The van der Waals surface area contributed by atoms with E-state index in [0.29, 0.717) is 11.4 Å². The van der Waals surface area contributed by atoms with Gasteiger partial charge in [0.15, 0.2) is 5.82 Å². The van der Waals surface area contributed by atoms with Gasteiger partial charge in [0.25, 0.3) is 5.91 Å². The monoisotopic (exact) mass is 302 g/mol. The van der Waals surface area contributed by atoms with Crippen molar-refractivity contribution < 1.29 is 9.90 Å². The van der Waals surface area contributed by atoms with Crippen LogP contribution in [0.1, 0.15) is 35.6 Å². The van der Waals surface area contributed by atoms with Crippen molar-refractivity contribution in [3.63, 3.8) is 0 Å². The molecule has 2 aromatic rings. The lowest BCUT2D eigenvalue weighted by atomic mass is 10.0. The Hall–Kier alpha value is -2.21. The minimum atomic E-state index is -0.194. The highest BCUT2D eigenvalue weighted by molar-refractivity contribution is 5.94. The maximum absolute atomic E-state index is 12.1. The molecule has 0 aliphatic rings. The first-order valence-corrected chi connectivity index (χ1v) is 7.33. The average molecular weight is 302 g/mol. The molecule has 6 heteroatoms. The molecule has 0 saturated heterocycles. The third-order valence-corrected chi connectivity index (χ3v) is 3.74. The van der Waals surface area contributed by atoms with Gasteiger partial charge in [-0.25, -0.2) is 9.67 Å². The lowest BCUT2D eigenvalue weighted by molar-refractivity contribution is 0.0916. The quantitative estimate of drug-likeness (QED) is 0.880. The van der Waals surface area contributed by atoms with Crippen LogP contribution >= 0.6 is 0 Å². The summed E-state index contributed by atoms with van der Waals surface area (Å²) in [5, 5.41) is 16.3. The predicted octanol–water partition coefficient (Wildman–Crippen LogP) is 1.63. The van der Waals surface area contributed by atoms with E-state index in [1.54, 1.807) is 16.8 Å². The maximum Gasteiger partial charge on any atom is 0.253 e. The number of hydrogen-bond donors (Lipinski definition) is 2. The van der Waals surface area contributed by atoms with Gasteiger partial charge in [-0.05, 0) is 44.9 Å². The molecule has 22 heavy (non-hydrogen) atoms. The summed E-state index contributed by atoms with van der Waals surface area (Å²) in [6.07, 6.45) is 1.54. The standard InChI is InChI=1S/C16H22N4O2/c1-10(9-21)13(4)18-16(22)14-5-6-15(17-8-14)20-12(3)7-11(2)19-20/h5-8,10,13,21H,9H2,1-4H3,(H,18,22). The van der Waals surface area contributed by atoms with Gasteiger partial charge in [0.2, 0.25) is 0 Å². The fourth-order valence-electron chi connectivity index (χ4n) is 2.10. The Labute approximate surface area is 130 Å². The largest absolute Gasteiger partial charge is 0.396 e. The summed E-state index contributed by atoms with van der Waals surface area (Å²) in [5.41, 5.74) is 2.41. The molecule has 0 aliphatic heterocycles. The van der Waals surface area contributed by atoms with Crippen molar-refractivity contribution >= 4 is 5.91 Å². The fraction of sp³-hybridized carbons (Fsp3) is 0.438. The van der Waals surface area contributed by atoms with E-state index >= 15 is 0 Å². The van der Waals surface area contributed by atoms with Crippen LogP contribution in [0.2, 0.25) is 0 Å². The predicted molar refractivity (Wildman–Crippen MR) is 84.0 cm³/mol. The van der Waals surface area contributed by atoms with E-state index < -0.39 is 0 Å². The summed E-state index contributed by atoms with van der Waals surface area (Å²) in [6, 6.07) is 5.37. The topological polar surface area (TPSA) is 80.0 Å². The Kier molecular flexibility index (Phi) is 4.92. The number of nitrogens with zero attached hydrogens (tertiary/aromatic N) is 3. The molecule has 0 radical (unpaired) electrons. The average Bonchev–Trinajstić information content (AvgIpc) is 2.85. The molecule has 0 fully saturated rings. The van der Waals surface area contributed by atoms with Crippen molar-refractivity contribution in [3.05, 3.63) is 41.3 Å². The van der Waals surface area contributed by atoms with Gasteiger partial charge < -0.3 is 10.4 Å². The summed E-state index contributed by atoms with van der Waals surface area (Å²) in [7, 11) is 0. The molecule has 0 aromatic carbocycles. The zero-order valence-corrected chi connectivity index (χ0v) is 13.4. The lowest BCUT2D eigenvalue weighted by Crippen LogP contribution is -2.38. The van der Waals surface area contributed by atoms with Crippen LogP contribution < -0.4 is 5.32 Å². The summed E-state index contributed by atoms with van der Waals surface area (Å²) < 4.78 is 1.74. The van der Waals surface area contributed by atoms with Crippen molar-refractivity contribution in [2.45, 2.75) is 33.7 Å². The first-order chi connectivity index (χ1) is 10.4. The van der Waals surface area contributed by atoms with E-state index in [9.17, 15) is 4.79 Å². The third kappa shape index (κ3) is 3.51. The Morgan fingerprint density at radius 1 is 1.36 bits per heavy atom. The number of aryl methyl sites for hydroxylation is 2. The molecule has 118 valence electrons. The van der Waals surface area contributed by atoms with Crippen molar-refractivity contribution in [3.8, 4) is 5.82 Å². The molecule has 0 aliphatic carbocycles. The fourth-order valence-corrected chi connectivity index (χ4v) is 2.10. The SMILES string of the molecule is Cc1cc(C)n(-c2ccc(C(=O)NC(C)C(C)CO)cn2)n1. The Balaban J connectivity index is 2.12. The highest BCUT2D eigenvalue weighted by atomic mass is 16.3. The molecule has 2 aromatic heterocycles. The summed E-state index contributed by atoms with van der Waals surface area (Å²) >= 11 is 0. The number of rotatable bonds is 5. The Morgan fingerprint density at radius 3 is 2.59 bits per heavy atom. The minimum Gasteiger partial charge on any atom is -0.396 e. The van der Waals surface area contributed by atoms with Crippen LogP contribution in [0.3, 0.4) is 0 Å². The van der Waals surface area contributed by atoms with Gasteiger partial charge in [-0.15, -0.1) is 0 Å². The Bertz CT molecular complexity index is 649. The molecule has 2 heterocycles. The number of carbonyl (C=O) groups excluding carboxylic acids is 1. The highest BCUT2D eigenvalue weighted by Crippen LogP contribution is 2.11. The number of amides is 1. The van der Waals surface area contributed by atoms with Crippen LogP contribution in [0.25, 0.3) is 5.82 Å². The first kappa shape index (κ1) is 16.2. The van der Waals surface area contributed by atoms with Crippen LogP contribution in [0, 0.1) is 19.8 Å². The summed E-state index contributed by atoms with van der Waals surface area (Å²) in [6.45, 7) is 7.68. The first-order valence-electron chi connectivity index (χ1n) is 7.33. The second-order valence-electron chi connectivity index (χ2n) is 5.67. The van der Waals surface area contributed by atoms with E-state index in [2.05, 4.69) is 15.4 Å². The zero-order chi connectivity index (χ0) is 16.3. The van der Waals surface area contributed by atoms with Crippen molar-refractivity contribution in [2.75, 3.05) is 6.61 Å². The zero-order valence-electron chi connectivity index (χ0n) is 13.4. The highest BCUT2D eigenvalue weighted by Gasteiger charge is 2.15. The van der Waals surface area contributed by atoms with Crippen LogP contribution in [0.15, 0.2) is 24.4 Å². The molecule has 2 atom stereocenters. The number of aromatic nitrogens is 3.